The van der Waals surface area contributed by atoms with Crippen molar-refractivity contribution in [2.75, 3.05) is 6.61 Å². The lowest BCUT2D eigenvalue weighted by molar-refractivity contribution is 0.216. The molecular weight excluding hydrogens is 196 g/mol. The number of aliphatic hydroxyl groups is 1. The first-order chi connectivity index (χ1) is 7.70. The molecule has 0 spiro atoms. The van der Waals surface area contributed by atoms with Crippen LogP contribution in [0.15, 0.2) is 11.6 Å². The van der Waals surface area contributed by atoms with E-state index in [-0.39, 0.29) is 0 Å². The lowest BCUT2D eigenvalue weighted by Gasteiger charge is -2.11. The molecule has 0 saturated heterocycles. The number of hydrogen-bond donors (Lipinski definition) is 1. The summed E-state index contributed by atoms with van der Waals surface area (Å²) in [5.74, 6) is 0.487. The normalized spacial score (nSPS) is 12.5. The summed E-state index contributed by atoms with van der Waals surface area (Å²) in [5.41, 5.74) is 1.36. The molecule has 96 valence electrons. The van der Waals surface area contributed by atoms with Gasteiger partial charge in [0.2, 0.25) is 0 Å². The van der Waals surface area contributed by atoms with Gasteiger partial charge < -0.3 is 5.11 Å². The van der Waals surface area contributed by atoms with Gasteiger partial charge in [0.1, 0.15) is 0 Å². The van der Waals surface area contributed by atoms with Crippen LogP contribution < -0.4 is 0 Å². The maximum Gasteiger partial charge on any atom is 0.0462 e. The van der Waals surface area contributed by atoms with E-state index in [9.17, 15) is 5.11 Å². The summed E-state index contributed by atoms with van der Waals surface area (Å²) in [6.45, 7) is 6.85. The second kappa shape index (κ2) is 11.2. The second-order valence-electron chi connectivity index (χ2n) is 5.12. The van der Waals surface area contributed by atoms with Crippen molar-refractivity contribution < 1.29 is 5.11 Å². The predicted molar refractivity (Wildman–Crippen MR) is 72.6 cm³/mol. The summed E-state index contributed by atoms with van der Waals surface area (Å²) in [5, 5.41) is 9.25. The van der Waals surface area contributed by atoms with Crippen molar-refractivity contribution >= 4 is 0 Å². The van der Waals surface area contributed by atoms with Crippen LogP contribution in [0.25, 0.3) is 0 Å². The Kier molecular flexibility index (Phi) is 11.0. The van der Waals surface area contributed by atoms with Gasteiger partial charge in [-0.1, -0.05) is 57.1 Å². The molecular formula is C15H30O. The fraction of sp³-hybridized carbons (Fsp3) is 0.867. The van der Waals surface area contributed by atoms with Gasteiger partial charge in [0, 0.05) is 6.61 Å². The highest BCUT2D eigenvalue weighted by Crippen LogP contribution is 2.16. The van der Waals surface area contributed by atoms with Gasteiger partial charge in [-0.2, -0.15) is 0 Å². The van der Waals surface area contributed by atoms with Gasteiger partial charge in [-0.3, -0.25) is 0 Å². The van der Waals surface area contributed by atoms with E-state index in [2.05, 4.69) is 26.8 Å². The third-order valence-corrected chi connectivity index (χ3v) is 3.08. The summed E-state index contributed by atoms with van der Waals surface area (Å²) in [4.78, 5) is 0. The quantitative estimate of drug-likeness (QED) is 0.423. The third kappa shape index (κ3) is 10.2. The van der Waals surface area contributed by atoms with Crippen LogP contribution in [0.1, 0.15) is 72.1 Å². The van der Waals surface area contributed by atoms with E-state index in [1.54, 1.807) is 0 Å². The molecule has 0 aromatic rings. The monoisotopic (exact) mass is 226 g/mol. The van der Waals surface area contributed by atoms with Gasteiger partial charge in [-0.05, 0) is 32.6 Å². The molecule has 1 unspecified atom stereocenters. The second-order valence-corrected chi connectivity index (χ2v) is 5.12. The minimum Gasteiger partial charge on any atom is -0.396 e. The van der Waals surface area contributed by atoms with Crippen LogP contribution in [-0.2, 0) is 0 Å². The van der Waals surface area contributed by atoms with E-state index >= 15 is 0 Å². The van der Waals surface area contributed by atoms with Crippen molar-refractivity contribution in [3.05, 3.63) is 11.6 Å². The smallest absolute Gasteiger partial charge is 0.0462 e. The molecule has 0 fully saturated rings. The fourth-order valence-corrected chi connectivity index (χ4v) is 1.90. The van der Waals surface area contributed by atoms with Crippen LogP contribution in [-0.4, -0.2) is 11.7 Å². The molecule has 0 rings (SSSR count). The van der Waals surface area contributed by atoms with Crippen molar-refractivity contribution in [2.45, 2.75) is 72.1 Å². The molecule has 1 heteroatoms. The Morgan fingerprint density at radius 2 is 1.69 bits per heavy atom. The molecule has 1 nitrogen and oxygen atoms in total. The molecule has 0 heterocycles. The Labute approximate surface area is 102 Å². The molecule has 0 aliphatic heterocycles. The molecule has 0 aliphatic carbocycles. The van der Waals surface area contributed by atoms with E-state index in [0.29, 0.717) is 12.5 Å². The zero-order valence-electron chi connectivity index (χ0n) is 11.5. The molecule has 0 aromatic heterocycles. The first kappa shape index (κ1) is 15.7. The van der Waals surface area contributed by atoms with Gasteiger partial charge in [-0.25, -0.2) is 0 Å². The number of unbranched alkanes of at least 4 members (excludes halogenated alkanes) is 5. The molecule has 0 amide bonds. The van der Waals surface area contributed by atoms with E-state index in [1.807, 2.05) is 0 Å². The summed E-state index contributed by atoms with van der Waals surface area (Å²) in [6, 6.07) is 0. The molecule has 0 saturated carbocycles. The lowest BCUT2D eigenvalue weighted by atomic mass is 9.97. The molecule has 0 bridgehead atoms. The van der Waals surface area contributed by atoms with Crippen molar-refractivity contribution in [1.29, 1.82) is 0 Å². The topological polar surface area (TPSA) is 20.2 Å². The van der Waals surface area contributed by atoms with Crippen molar-refractivity contribution in [3.63, 3.8) is 0 Å². The first-order valence-corrected chi connectivity index (χ1v) is 6.95. The van der Waals surface area contributed by atoms with E-state index < -0.39 is 0 Å². The lowest BCUT2D eigenvalue weighted by Crippen LogP contribution is -2.04. The fourth-order valence-electron chi connectivity index (χ4n) is 1.90. The molecule has 16 heavy (non-hydrogen) atoms. The number of aliphatic hydroxyl groups excluding tert-OH is 1. The summed E-state index contributed by atoms with van der Waals surface area (Å²) >= 11 is 0. The summed E-state index contributed by atoms with van der Waals surface area (Å²) in [6.07, 6.45) is 12.6. The molecule has 1 atom stereocenters. The van der Waals surface area contributed by atoms with Gasteiger partial charge in [0.25, 0.3) is 0 Å². The maximum atomic E-state index is 9.25. The zero-order chi connectivity index (χ0) is 12.2. The first-order valence-electron chi connectivity index (χ1n) is 6.95. The van der Waals surface area contributed by atoms with Gasteiger partial charge in [0.15, 0.2) is 0 Å². The summed E-state index contributed by atoms with van der Waals surface area (Å²) < 4.78 is 0. The SMILES string of the molecule is CCCCCCCCC(CO)CC=C(C)C. The Morgan fingerprint density at radius 1 is 1.06 bits per heavy atom. The van der Waals surface area contributed by atoms with Gasteiger partial charge >= 0.3 is 0 Å². The molecule has 0 radical (unpaired) electrons. The molecule has 0 aliphatic rings. The van der Waals surface area contributed by atoms with Crippen LogP contribution in [0.2, 0.25) is 0 Å². The zero-order valence-corrected chi connectivity index (χ0v) is 11.5. The minimum absolute atomic E-state index is 0.346. The molecule has 1 N–H and O–H groups in total. The van der Waals surface area contributed by atoms with Crippen LogP contribution in [0, 0.1) is 5.92 Å². The number of rotatable bonds is 10. The Morgan fingerprint density at radius 3 is 2.25 bits per heavy atom. The third-order valence-electron chi connectivity index (χ3n) is 3.08. The van der Waals surface area contributed by atoms with E-state index in [1.165, 1.54) is 50.5 Å². The Hall–Kier alpha value is -0.300. The average Bonchev–Trinajstić information content (AvgIpc) is 2.27. The van der Waals surface area contributed by atoms with Crippen LogP contribution in [0.3, 0.4) is 0 Å². The maximum absolute atomic E-state index is 9.25. The van der Waals surface area contributed by atoms with Gasteiger partial charge in [0.05, 0.1) is 0 Å². The van der Waals surface area contributed by atoms with Crippen LogP contribution in [0.5, 0.6) is 0 Å². The predicted octanol–water partition coefficient (Wildman–Crippen LogP) is 4.70. The van der Waals surface area contributed by atoms with Crippen LogP contribution >= 0.6 is 0 Å². The van der Waals surface area contributed by atoms with E-state index in [0.717, 1.165) is 6.42 Å². The van der Waals surface area contributed by atoms with Gasteiger partial charge in [-0.15, -0.1) is 0 Å². The number of allylic oxidation sites excluding steroid dienone is 2. The average molecular weight is 226 g/mol. The minimum atomic E-state index is 0.346. The van der Waals surface area contributed by atoms with Crippen molar-refractivity contribution in [2.24, 2.45) is 5.92 Å². The molecule has 0 aromatic carbocycles. The van der Waals surface area contributed by atoms with E-state index in [4.69, 9.17) is 0 Å². The Balaban J connectivity index is 3.44. The van der Waals surface area contributed by atoms with Crippen molar-refractivity contribution in [3.8, 4) is 0 Å². The van der Waals surface area contributed by atoms with Crippen LogP contribution in [0.4, 0.5) is 0 Å². The Bertz CT molecular complexity index is 168. The highest BCUT2D eigenvalue weighted by Gasteiger charge is 2.04. The standard InChI is InChI=1S/C15H30O/c1-4-5-6-7-8-9-10-15(13-16)12-11-14(2)3/h11,15-16H,4-10,12-13H2,1-3H3. The number of hydrogen-bond acceptors (Lipinski definition) is 1. The van der Waals surface area contributed by atoms with Crippen molar-refractivity contribution in [1.82, 2.24) is 0 Å². The highest BCUT2D eigenvalue weighted by molar-refractivity contribution is 4.93. The largest absolute Gasteiger partial charge is 0.396 e. The highest BCUT2D eigenvalue weighted by atomic mass is 16.3. The summed E-state index contributed by atoms with van der Waals surface area (Å²) in [7, 11) is 0.